The van der Waals surface area contributed by atoms with Crippen LogP contribution in [0.5, 0.6) is 0 Å². The number of fused-ring (bicyclic) bond motifs is 1. The van der Waals surface area contributed by atoms with Crippen molar-refractivity contribution in [3.63, 3.8) is 0 Å². The maximum absolute atomic E-state index is 13.5. The number of para-hydroxylation sites is 1. The van der Waals surface area contributed by atoms with Crippen molar-refractivity contribution >= 4 is 40.7 Å². The molecule has 0 saturated heterocycles. The number of allylic oxidation sites excluding steroid dienone is 1. The van der Waals surface area contributed by atoms with Crippen LogP contribution in [-0.4, -0.2) is 25.7 Å². The van der Waals surface area contributed by atoms with Crippen LogP contribution in [0.4, 0.5) is 11.6 Å². The topological polar surface area (TPSA) is 84.7 Å². The van der Waals surface area contributed by atoms with Gasteiger partial charge in [-0.3, -0.25) is 9.78 Å². The third kappa shape index (κ3) is 4.08. The Bertz CT molecular complexity index is 1370. The van der Waals surface area contributed by atoms with E-state index >= 15 is 0 Å². The molecule has 4 aromatic rings. The number of nitrogens with one attached hydrogen (secondary N) is 2. The standard InChI is InChI=1S/C24H18Cl2N6O/c1-14-20(23(33)29-17-5-3-2-4-6-17)21(16-7-8-18(25)19(26)13-16)32-24(28-14)30-22(31-32)15-9-11-27-12-10-15/h2-13,21H,1H3,(H,29,33)(H,28,30,31). The van der Waals surface area contributed by atoms with E-state index in [9.17, 15) is 4.79 Å². The zero-order valence-corrected chi connectivity index (χ0v) is 19.0. The summed E-state index contributed by atoms with van der Waals surface area (Å²) in [5, 5.41) is 11.8. The fraction of sp³-hybridized carbons (Fsp3) is 0.0833. The quantitative estimate of drug-likeness (QED) is 0.401. The van der Waals surface area contributed by atoms with Crippen LogP contribution >= 0.6 is 23.2 Å². The minimum absolute atomic E-state index is 0.256. The lowest BCUT2D eigenvalue weighted by molar-refractivity contribution is -0.113. The number of hydrogen-bond acceptors (Lipinski definition) is 5. The second-order valence-corrected chi connectivity index (χ2v) is 8.31. The Morgan fingerprint density at radius 3 is 2.52 bits per heavy atom. The van der Waals surface area contributed by atoms with E-state index in [-0.39, 0.29) is 5.91 Å². The molecule has 0 spiro atoms. The molecule has 0 aliphatic carbocycles. The average molecular weight is 477 g/mol. The summed E-state index contributed by atoms with van der Waals surface area (Å²) >= 11 is 12.5. The van der Waals surface area contributed by atoms with E-state index < -0.39 is 6.04 Å². The van der Waals surface area contributed by atoms with Crippen LogP contribution in [-0.2, 0) is 4.79 Å². The number of halogens is 2. The highest BCUT2D eigenvalue weighted by Crippen LogP contribution is 2.38. The Kier molecular flexibility index (Phi) is 5.58. The number of carbonyl (C=O) groups excluding carboxylic acids is 1. The van der Waals surface area contributed by atoms with Crippen molar-refractivity contribution in [1.82, 2.24) is 19.7 Å². The number of aromatic nitrogens is 4. The Morgan fingerprint density at radius 2 is 1.79 bits per heavy atom. The van der Waals surface area contributed by atoms with E-state index in [0.29, 0.717) is 38.8 Å². The highest BCUT2D eigenvalue weighted by molar-refractivity contribution is 6.42. The van der Waals surface area contributed by atoms with E-state index in [1.165, 1.54) is 0 Å². The molecule has 2 aromatic carbocycles. The number of pyridine rings is 1. The van der Waals surface area contributed by atoms with Gasteiger partial charge in [0.25, 0.3) is 5.91 Å². The van der Waals surface area contributed by atoms with Gasteiger partial charge in [0.2, 0.25) is 5.95 Å². The molecule has 0 bridgehead atoms. The fourth-order valence-corrected chi connectivity index (χ4v) is 4.09. The first-order chi connectivity index (χ1) is 16.0. The summed E-state index contributed by atoms with van der Waals surface area (Å²) in [7, 11) is 0. The second-order valence-electron chi connectivity index (χ2n) is 7.50. The molecule has 33 heavy (non-hydrogen) atoms. The highest BCUT2D eigenvalue weighted by Gasteiger charge is 2.34. The summed E-state index contributed by atoms with van der Waals surface area (Å²) in [5.74, 6) is 0.781. The maximum Gasteiger partial charge on any atom is 0.255 e. The van der Waals surface area contributed by atoms with Crippen LogP contribution in [0.15, 0.2) is 84.3 Å². The predicted octanol–water partition coefficient (Wildman–Crippen LogP) is 5.57. The molecule has 0 radical (unpaired) electrons. The monoisotopic (exact) mass is 476 g/mol. The summed E-state index contributed by atoms with van der Waals surface area (Å²) in [6.45, 7) is 1.84. The zero-order valence-electron chi connectivity index (χ0n) is 17.5. The maximum atomic E-state index is 13.5. The van der Waals surface area contributed by atoms with Crippen LogP contribution < -0.4 is 10.6 Å². The number of anilines is 2. The Balaban J connectivity index is 1.63. The molecule has 1 aliphatic heterocycles. The summed E-state index contributed by atoms with van der Waals surface area (Å²) in [6.07, 6.45) is 3.36. The molecular weight excluding hydrogens is 459 g/mol. The molecule has 164 valence electrons. The molecule has 1 atom stereocenters. The van der Waals surface area contributed by atoms with Crippen LogP contribution in [0.25, 0.3) is 11.4 Å². The van der Waals surface area contributed by atoms with Gasteiger partial charge in [-0.1, -0.05) is 47.5 Å². The minimum Gasteiger partial charge on any atom is -0.328 e. The molecule has 1 amide bonds. The van der Waals surface area contributed by atoms with Crippen LogP contribution in [0.3, 0.4) is 0 Å². The number of nitrogens with zero attached hydrogens (tertiary/aromatic N) is 4. The summed E-state index contributed by atoms with van der Waals surface area (Å²) in [5.41, 5.74) is 3.43. The van der Waals surface area contributed by atoms with E-state index in [2.05, 4.69) is 20.6 Å². The number of benzene rings is 2. The van der Waals surface area contributed by atoms with Crippen molar-refractivity contribution in [2.45, 2.75) is 13.0 Å². The number of amides is 1. The van der Waals surface area contributed by atoms with Crippen molar-refractivity contribution in [2.75, 3.05) is 10.6 Å². The number of hydrogen-bond donors (Lipinski definition) is 2. The normalized spacial score (nSPS) is 15.1. The average Bonchev–Trinajstić information content (AvgIpc) is 3.25. The van der Waals surface area contributed by atoms with Crippen LogP contribution in [0.2, 0.25) is 10.0 Å². The molecule has 0 saturated carbocycles. The Labute approximate surface area is 200 Å². The van der Waals surface area contributed by atoms with Gasteiger partial charge in [0, 0.05) is 29.3 Å². The molecular formula is C24H18Cl2N6O. The Morgan fingerprint density at radius 1 is 1.03 bits per heavy atom. The third-order valence-electron chi connectivity index (χ3n) is 5.33. The molecule has 2 aromatic heterocycles. The molecule has 5 rings (SSSR count). The molecule has 3 heterocycles. The summed E-state index contributed by atoms with van der Waals surface area (Å²) in [6, 6.07) is 17.7. The fourth-order valence-electron chi connectivity index (χ4n) is 3.78. The SMILES string of the molecule is CC1=C(C(=O)Nc2ccccc2)C(c2ccc(Cl)c(Cl)c2)n2nc(-c3ccncc3)nc2N1. The van der Waals surface area contributed by atoms with Crippen molar-refractivity contribution in [2.24, 2.45) is 0 Å². The van der Waals surface area contributed by atoms with Crippen molar-refractivity contribution in [3.05, 3.63) is 99.9 Å². The number of rotatable bonds is 4. The van der Waals surface area contributed by atoms with Gasteiger partial charge >= 0.3 is 0 Å². The van der Waals surface area contributed by atoms with Gasteiger partial charge in [-0.25, -0.2) is 4.68 Å². The van der Waals surface area contributed by atoms with Crippen LogP contribution in [0, 0.1) is 0 Å². The first kappa shape index (κ1) is 21.2. The molecule has 1 unspecified atom stereocenters. The third-order valence-corrected chi connectivity index (χ3v) is 6.07. The molecule has 2 N–H and O–H groups in total. The summed E-state index contributed by atoms with van der Waals surface area (Å²) in [4.78, 5) is 22.2. The summed E-state index contributed by atoms with van der Waals surface area (Å²) < 4.78 is 1.70. The lowest BCUT2D eigenvalue weighted by atomic mass is 9.95. The van der Waals surface area contributed by atoms with Gasteiger partial charge in [0.15, 0.2) is 5.82 Å². The molecule has 9 heteroatoms. The minimum atomic E-state index is -0.567. The van der Waals surface area contributed by atoms with Crippen LogP contribution in [0.1, 0.15) is 18.5 Å². The number of carbonyl (C=O) groups is 1. The molecule has 0 fully saturated rings. The van der Waals surface area contributed by atoms with Gasteiger partial charge in [-0.05, 0) is 48.9 Å². The first-order valence-electron chi connectivity index (χ1n) is 10.2. The second kappa shape index (κ2) is 8.69. The van der Waals surface area contributed by atoms with Gasteiger partial charge in [0.05, 0.1) is 15.6 Å². The van der Waals surface area contributed by atoms with Gasteiger partial charge in [0.1, 0.15) is 6.04 Å². The Hall–Kier alpha value is -3.68. The van der Waals surface area contributed by atoms with Crippen molar-refractivity contribution < 1.29 is 4.79 Å². The first-order valence-corrected chi connectivity index (χ1v) is 10.9. The van der Waals surface area contributed by atoms with Crippen molar-refractivity contribution in [3.8, 4) is 11.4 Å². The zero-order chi connectivity index (χ0) is 22.9. The molecule has 7 nitrogen and oxygen atoms in total. The van der Waals surface area contributed by atoms with E-state index in [1.54, 1.807) is 29.2 Å². The van der Waals surface area contributed by atoms with Gasteiger partial charge in [-0.15, -0.1) is 5.10 Å². The lowest BCUT2D eigenvalue weighted by Crippen LogP contribution is -2.31. The van der Waals surface area contributed by atoms with Crippen molar-refractivity contribution in [1.29, 1.82) is 0 Å². The van der Waals surface area contributed by atoms with E-state index in [0.717, 1.165) is 11.1 Å². The van der Waals surface area contributed by atoms with Gasteiger partial charge in [-0.2, -0.15) is 4.98 Å². The smallest absolute Gasteiger partial charge is 0.255 e. The predicted molar refractivity (Wildman–Crippen MR) is 129 cm³/mol. The van der Waals surface area contributed by atoms with Gasteiger partial charge < -0.3 is 10.6 Å². The largest absolute Gasteiger partial charge is 0.328 e. The lowest BCUT2D eigenvalue weighted by Gasteiger charge is -2.29. The van der Waals surface area contributed by atoms with E-state index in [1.807, 2.05) is 55.5 Å². The van der Waals surface area contributed by atoms with E-state index in [4.69, 9.17) is 28.3 Å². The highest BCUT2D eigenvalue weighted by atomic mass is 35.5. The molecule has 1 aliphatic rings.